The second-order valence-corrected chi connectivity index (χ2v) is 5.48. The highest BCUT2D eigenvalue weighted by atomic mass is 16.5. The molecule has 0 spiro atoms. The predicted molar refractivity (Wildman–Crippen MR) is 90.2 cm³/mol. The fourth-order valence-electron chi connectivity index (χ4n) is 2.82. The average Bonchev–Trinajstić information content (AvgIpc) is 3.03. The first-order valence-corrected chi connectivity index (χ1v) is 8.01. The van der Waals surface area contributed by atoms with Crippen molar-refractivity contribution in [1.29, 1.82) is 0 Å². The zero-order valence-electron chi connectivity index (χ0n) is 13.5. The van der Waals surface area contributed by atoms with E-state index >= 15 is 0 Å². The Balaban J connectivity index is 0.000000159. The number of rotatable bonds is 3. The molecule has 0 saturated carbocycles. The van der Waals surface area contributed by atoms with E-state index in [-0.39, 0.29) is 0 Å². The van der Waals surface area contributed by atoms with Crippen LogP contribution in [0.3, 0.4) is 0 Å². The van der Waals surface area contributed by atoms with E-state index < -0.39 is 0 Å². The van der Waals surface area contributed by atoms with Gasteiger partial charge in [0.1, 0.15) is 5.75 Å². The SMILES string of the molecule is CCc1ccc(CC)c(OC)c1.c1ccc2c(c1)CCC2. The first kappa shape index (κ1) is 15.6. The Morgan fingerprint density at radius 1 is 0.905 bits per heavy atom. The summed E-state index contributed by atoms with van der Waals surface area (Å²) in [7, 11) is 1.73. The Morgan fingerprint density at radius 2 is 1.57 bits per heavy atom. The van der Waals surface area contributed by atoms with Gasteiger partial charge in [-0.2, -0.15) is 0 Å². The molecule has 0 fully saturated rings. The van der Waals surface area contributed by atoms with Crippen LogP contribution < -0.4 is 4.74 Å². The van der Waals surface area contributed by atoms with E-state index in [4.69, 9.17) is 4.74 Å². The first-order valence-electron chi connectivity index (χ1n) is 8.01. The Labute approximate surface area is 129 Å². The second-order valence-electron chi connectivity index (χ2n) is 5.48. The van der Waals surface area contributed by atoms with Crippen LogP contribution in [0.2, 0.25) is 0 Å². The quantitative estimate of drug-likeness (QED) is 0.770. The summed E-state index contributed by atoms with van der Waals surface area (Å²) in [6.07, 6.45) is 6.07. The molecule has 1 aliphatic rings. The van der Waals surface area contributed by atoms with Crippen LogP contribution in [0, 0.1) is 0 Å². The third-order valence-electron chi connectivity index (χ3n) is 4.15. The molecule has 1 nitrogen and oxygen atoms in total. The van der Waals surface area contributed by atoms with Gasteiger partial charge in [-0.05, 0) is 60.4 Å². The van der Waals surface area contributed by atoms with Gasteiger partial charge in [0.25, 0.3) is 0 Å². The van der Waals surface area contributed by atoms with Crippen LogP contribution in [0.25, 0.3) is 0 Å². The van der Waals surface area contributed by atoms with Crippen LogP contribution in [0.5, 0.6) is 5.75 Å². The minimum Gasteiger partial charge on any atom is -0.496 e. The molecule has 0 saturated heterocycles. The lowest BCUT2D eigenvalue weighted by atomic mass is 10.1. The third-order valence-corrected chi connectivity index (χ3v) is 4.15. The molecule has 112 valence electrons. The number of ether oxygens (including phenoxy) is 1. The van der Waals surface area contributed by atoms with Crippen molar-refractivity contribution in [3.05, 3.63) is 64.7 Å². The van der Waals surface area contributed by atoms with Gasteiger partial charge in [0.15, 0.2) is 0 Å². The van der Waals surface area contributed by atoms with Crippen LogP contribution >= 0.6 is 0 Å². The molecule has 0 N–H and O–H groups in total. The van der Waals surface area contributed by atoms with Gasteiger partial charge in [0.2, 0.25) is 0 Å². The van der Waals surface area contributed by atoms with Crippen LogP contribution in [0.1, 0.15) is 42.5 Å². The molecule has 0 aromatic heterocycles. The van der Waals surface area contributed by atoms with Gasteiger partial charge in [0, 0.05) is 0 Å². The highest BCUT2D eigenvalue weighted by molar-refractivity contribution is 5.37. The maximum absolute atomic E-state index is 5.28. The van der Waals surface area contributed by atoms with Crippen molar-refractivity contribution >= 4 is 0 Å². The monoisotopic (exact) mass is 282 g/mol. The number of aryl methyl sites for hydroxylation is 4. The molecule has 1 heteroatoms. The molecule has 0 bridgehead atoms. The lowest BCUT2D eigenvalue weighted by Gasteiger charge is -2.07. The summed E-state index contributed by atoms with van der Waals surface area (Å²) in [5.74, 6) is 1.02. The summed E-state index contributed by atoms with van der Waals surface area (Å²) in [4.78, 5) is 0. The summed E-state index contributed by atoms with van der Waals surface area (Å²) in [6, 6.07) is 15.2. The molecular formula is C20H26O. The summed E-state index contributed by atoms with van der Waals surface area (Å²) >= 11 is 0. The standard InChI is InChI=1S/C11H16O.C9H10/c1-4-9-6-7-10(5-2)11(8-9)12-3;1-2-5-9-7-3-6-8(9)4-1/h6-8H,4-5H2,1-3H3;1-2,4-5H,3,6-7H2. The molecule has 2 aromatic rings. The zero-order chi connectivity index (χ0) is 15.1. The summed E-state index contributed by atoms with van der Waals surface area (Å²) in [5.41, 5.74) is 5.76. The van der Waals surface area contributed by atoms with E-state index in [9.17, 15) is 0 Å². The second kappa shape index (κ2) is 7.87. The molecule has 1 aliphatic carbocycles. The van der Waals surface area contributed by atoms with Crippen LogP contribution in [-0.4, -0.2) is 7.11 Å². The molecule has 0 heterocycles. The third kappa shape index (κ3) is 4.10. The Bertz CT molecular complexity index is 549. The van der Waals surface area contributed by atoms with E-state index in [0.29, 0.717) is 0 Å². The summed E-state index contributed by atoms with van der Waals surface area (Å²) < 4.78 is 5.28. The van der Waals surface area contributed by atoms with Gasteiger partial charge >= 0.3 is 0 Å². The lowest BCUT2D eigenvalue weighted by Crippen LogP contribution is -1.91. The summed E-state index contributed by atoms with van der Waals surface area (Å²) in [5, 5.41) is 0. The molecule has 0 amide bonds. The van der Waals surface area contributed by atoms with Gasteiger partial charge in [-0.3, -0.25) is 0 Å². The van der Waals surface area contributed by atoms with Crippen molar-refractivity contribution in [3.8, 4) is 5.75 Å². The Hall–Kier alpha value is -1.76. The molecule has 0 aliphatic heterocycles. The van der Waals surface area contributed by atoms with Crippen molar-refractivity contribution in [3.63, 3.8) is 0 Å². The summed E-state index contributed by atoms with van der Waals surface area (Å²) in [6.45, 7) is 4.30. The molecule has 2 aromatic carbocycles. The number of hydrogen-bond acceptors (Lipinski definition) is 1. The predicted octanol–water partition coefficient (Wildman–Crippen LogP) is 5.00. The van der Waals surface area contributed by atoms with Crippen LogP contribution in [0.15, 0.2) is 42.5 Å². The number of benzene rings is 2. The first-order chi connectivity index (χ1) is 10.3. The largest absolute Gasteiger partial charge is 0.496 e. The minimum atomic E-state index is 1.02. The molecule has 21 heavy (non-hydrogen) atoms. The van der Waals surface area contributed by atoms with Crippen LogP contribution in [0.4, 0.5) is 0 Å². The maximum Gasteiger partial charge on any atom is 0.122 e. The average molecular weight is 282 g/mol. The smallest absolute Gasteiger partial charge is 0.122 e. The molecule has 0 unspecified atom stereocenters. The van der Waals surface area contributed by atoms with E-state index in [0.717, 1.165) is 18.6 Å². The van der Waals surface area contributed by atoms with Crippen LogP contribution in [-0.2, 0) is 25.7 Å². The molecular weight excluding hydrogens is 256 g/mol. The van der Waals surface area contributed by atoms with Gasteiger partial charge in [0.05, 0.1) is 7.11 Å². The molecule has 0 radical (unpaired) electrons. The van der Waals surface area contributed by atoms with E-state index in [1.807, 2.05) is 0 Å². The fourth-order valence-corrected chi connectivity index (χ4v) is 2.82. The Kier molecular flexibility index (Phi) is 5.86. The number of methoxy groups -OCH3 is 1. The van der Waals surface area contributed by atoms with E-state index in [2.05, 4.69) is 56.3 Å². The van der Waals surface area contributed by atoms with Gasteiger partial charge in [-0.1, -0.05) is 50.2 Å². The normalized spacial score (nSPS) is 12.3. The van der Waals surface area contributed by atoms with Gasteiger partial charge in [-0.15, -0.1) is 0 Å². The van der Waals surface area contributed by atoms with Crippen molar-refractivity contribution in [2.45, 2.75) is 46.0 Å². The lowest BCUT2D eigenvalue weighted by molar-refractivity contribution is 0.409. The van der Waals surface area contributed by atoms with E-state index in [1.54, 1.807) is 18.2 Å². The maximum atomic E-state index is 5.28. The fraction of sp³-hybridized carbons (Fsp3) is 0.400. The minimum absolute atomic E-state index is 1.02. The number of hydrogen-bond donors (Lipinski definition) is 0. The number of fused-ring (bicyclic) bond motifs is 1. The van der Waals surface area contributed by atoms with Gasteiger partial charge < -0.3 is 4.74 Å². The van der Waals surface area contributed by atoms with Gasteiger partial charge in [-0.25, -0.2) is 0 Å². The van der Waals surface area contributed by atoms with Crippen molar-refractivity contribution < 1.29 is 4.74 Å². The highest BCUT2D eigenvalue weighted by Crippen LogP contribution is 2.21. The molecule has 3 rings (SSSR count). The van der Waals surface area contributed by atoms with E-state index in [1.165, 1.54) is 30.4 Å². The van der Waals surface area contributed by atoms with Crippen molar-refractivity contribution in [2.24, 2.45) is 0 Å². The topological polar surface area (TPSA) is 9.23 Å². The zero-order valence-corrected chi connectivity index (χ0v) is 13.5. The highest BCUT2D eigenvalue weighted by Gasteiger charge is 2.07. The van der Waals surface area contributed by atoms with Crippen molar-refractivity contribution in [2.75, 3.05) is 7.11 Å². The molecule has 0 atom stereocenters. The Morgan fingerprint density at radius 3 is 2.10 bits per heavy atom. The van der Waals surface area contributed by atoms with Crippen molar-refractivity contribution in [1.82, 2.24) is 0 Å².